The number of hydrogen-bond donors (Lipinski definition) is 2. The van der Waals surface area contributed by atoms with Crippen LogP contribution in [0.2, 0.25) is 0 Å². The first kappa shape index (κ1) is 24.7. The van der Waals surface area contributed by atoms with Crippen molar-refractivity contribution in [3.8, 4) is 5.75 Å². The molecule has 1 saturated heterocycles. The number of amides is 2. The SMILES string of the molecule is COc1ccccc1CCNC(=O)C(=O)NC[C@H]1OCCCN1S(=O)(=O)c1ccc(C)cc1. The van der Waals surface area contributed by atoms with Crippen molar-refractivity contribution in [2.24, 2.45) is 0 Å². The van der Waals surface area contributed by atoms with Gasteiger partial charge in [-0.15, -0.1) is 0 Å². The number of carbonyl (C=O) groups excluding carboxylic acids is 2. The molecule has 9 nitrogen and oxygen atoms in total. The third kappa shape index (κ3) is 6.31. The molecule has 2 aromatic rings. The average molecular weight is 476 g/mol. The van der Waals surface area contributed by atoms with E-state index in [2.05, 4.69) is 10.6 Å². The summed E-state index contributed by atoms with van der Waals surface area (Å²) in [6.07, 6.45) is 0.145. The quantitative estimate of drug-likeness (QED) is 0.555. The Hall–Kier alpha value is -2.95. The van der Waals surface area contributed by atoms with Crippen LogP contribution in [0.25, 0.3) is 0 Å². The minimum Gasteiger partial charge on any atom is -0.496 e. The molecule has 1 atom stereocenters. The van der Waals surface area contributed by atoms with E-state index in [0.29, 0.717) is 25.2 Å². The van der Waals surface area contributed by atoms with E-state index < -0.39 is 28.1 Å². The van der Waals surface area contributed by atoms with Gasteiger partial charge in [0.05, 0.1) is 25.2 Å². The van der Waals surface area contributed by atoms with Crippen molar-refractivity contribution in [2.45, 2.75) is 30.9 Å². The van der Waals surface area contributed by atoms with Crippen molar-refractivity contribution in [1.82, 2.24) is 14.9 Å². The summed E-state index contributed by atoms with van der Waals surface area (Å²) in [5.41, 5.74) is 1.86. The Labute approximate surface area is 194 Å². The summed E-state index contributed by atoms with van der Waals surface area (Å²) in [6, 6.07) is 14.0. The summed E-state index contributed by atoms with van der Waals surface area (Å²) >= 11 is 0. The lowest BCUT2D eigenvalue weighted by molar-refractivity contribution is -0.140. The first-order valence-electron chi connectivity index (χ1n) is 10.7. The largest absolute Gasteiger partial charge is 0.496 e. The number of para-hydroxylation sites is 1. The fourth-order valence-corrected chi connectivity index (χ4v) is 5.07. The van der Waals surface area contributed by atoms with Gasteiger partial charge in [-0.25, -0.2) is 8.42 Å². The standard InChI is InChI=1S/C23H29N3O6S/c1-17-8-10-19(11-9-17)33(29,30)26-14-5-15-32-21(26)16-25-23(28)22(27)24-13-12-18-6-3-4-7-20(18)31-2/h3-4,6-11,21H,5,12-16H2,1-2H3,(H,24,27)(H,25,28)/t21-/m1/s1. The zero-order chi connectivity index (χ0) is 23.8. The fraction of sp³-hybridized carbons (Fsp3) is 0.391. The molecule has 178 valence electrons. The van der Waals surface area contributed by atoms with Crippen LogP contribution in [0.3, 0.4) is 0 Å². The zero-order valence-corrected chi connectivity index (χ0v) is 19.6. The molecule has 10 heteroatoms. The van der Waals surface area contributed by atoms with Gasteiger partial charge in [0.2, 0.25) is 10.0 Å². The molecular weight excluding hydrogens is 446 g/mol. The number of ether oxygens (including phenoxy) is 2. The first-order chi connectivity index (χ1) is 15.8. The average Bonchev–Trinajstić information content (AvgIpc) is 2.83. The lowest BCUT2D eigenvalue weighted by Crippen LogP contribution is -2.53. The summed E-state index contributed by atoms with van der Waals surface area (Å²) in [5, 5.41) is 5.04. The third-order valence-electron chi connectivity index (χ3n) is 5.30. The van der Waals surface area contributed by atoms with Gasteiger partial charge in [-0.05, 0) is 43.5 Å². The number of nitrogens with one attached hydrogen (secondary N) is 2. The summed E-state index contributed by atoms with van der Waals surface area (Å²) in [7, 11) is -2.23. The first-order valence-corrected chi connectivity index (χ1v) is 12.1. The van der Waals surface area contributed by atoms with Crippen LogP contribution in [-0.4, -0.2) is 64.1 Å². The van der Waals surface area contributed by atoms with Gasteiger partial charge >= 0.3 is 11.8 Å². The molecular formula is C23H29N3O6S. The molecule has 0 spiro atoms. The molecule has 33 heavy (non-hydrogen) atoms. The number of hydrogen-bond acceptors (Lipinski definition) is 6. The Morgan fingerprint density at radius 2 is 1.79 bits per heavy atom. The maximum Gasteiger partial charge on any atom is 0.309 e. The number of benzene rings is 2. The van der Waals surface area contributed by atoms with Crippen LogP contribution in [-0.2, 0) is 30.8 Å². The summed E-state index contributed by atoms with van der Waals surface area (Å²) in [5.74, 6) is -0.939. The van der Waals surface area contributed by atoms with Gasteiger partial charge in [-0.3, -0.25) is 9.59 Å². The van der Waals surface area contributed by atoms with Crippen LogP contribution in [0, 0.1) is 6.92 Å². The van der Waals surface area contributed by atoms with Crippen molar-refractivity contribution in [3.63, 3.8) is 0 Å². The molecule has 0 aliphatic carbocycles. The topological polar surface area (TPSA) is 114 Å². The van der Waals surface area contributed by atoms with Crippen molar-refractivity contribution in [1.29, 1.82) is 0 Å². The molecule has 0 bridgehead atoms. The van der Waals surface area contributed by atoms with Gasteiger partial charge < -0.3 is 20.1 Å². The van der Waals surface area contributed by atoms with E-state index in [1.54, 1.807) is 31.4 Å². The molecule has 3 rings (SSSR count). The Kier molecular flexibility index (Phi) is 8.43. The lowest BCUT2D eigenvalue weighted by atomic mass is 10.1. The van der Waals surface area contributed by atoms with E-state index in [9.17, 15) is 18.0 Å². The van der Waals surface area contributed by atoms with Crippen molar-refractivity contribution < 1.29 is 27.5 Å². The van der Waals surface area contributed by atoms with Gasteiger partial charge in [0.1, 0.15) is 12.0 Å². The van der Waals surface area contributed by atoms with Gasteiger partial charge in [0.15, 0.2) is 0 Å². The molecule has 1 heterocycles. The molecule has 0 radical (unpaired) electrons. The van der Waals surface area contributed by atoms with Crippen LogP contribution in [0.5, 0.6) is 5.75 Å². The molecule has 2 N–H and O–H groups in total. The molecule has 1 aliphatic heterocycles. The van der Waals surface area contributed by atoms with Gasteiger partial charge in [-0.1, -0.05) is 35.9 Å². The summed E-state index contributed by atoms with van der Waals surface area (Å²) in [4.78, 5) is 24.6. The number of sulfonamides is 1. The van der Waals surface area contributed by atoms with Crippen LogP contribution < -0.4 is 15.4 Å². The molecule has 2 aromatic carbocycles. The van der Waals surface area contributed by atoms with Crippen molar-refractivity contribution in [3.05, 3.63) is 59.7 Å². The van der Waals surface area contributed by atoms with E-state index in [1.807, 2.05) is 31.2 Å². The van der Waals surface area contributed by atoms with Crippen LogP contribution in [0.1, 0.15) is 17.5 Å². The maximum absolute atomic E-state index is 13.1. The predicted molar refractivity (Wildman–Crippen MR) is 122 cm³/mol. The minimum atomic E-state index is -3.80. The van der Waals surface area contributed by atoms with Gasteiger partial charge in [0.25, 0.3) is 0 Å². The highest BCUT2D eigenvalue weighted by molar-refractivity contribution is 7.89. The highest BCUT2D eigenvalue weighted by Gasteiger charge is 2.34. The predicted octanol–water partition coefficient (Wildman–Crippen LogP) is 1.22. The molecule has 0 unspecified atom stereocenters. The van der Waals surface area contributed by atoms with Crippen molar-refractivity contribution >= 4 is 21.8 Å². The van der Waals surface area contributed by atoms with Crippen LogP contribution in [0.4, 0.5) is 0 Å². The third-order valence-corrected chi connectivity index (χ3v) is 7.20. The Bertz CT molecular complexity index is 1070. The van der Waals surface area contributed by atoms with Crippen LogP contribution in [0.15, 0.2) is 53.4 Å². The molecule has 0 saturated carbocycles. The van der Waals surface area contributed by atoms with Gasteiger partial charge in [0, 0.05) is 13.1 Å². The molecule has 1 aliphatic rings. The number of methoxy groups -OCH3 is 1. The maximum atomic E-state index is 13.1. The molecule has 2 amide bonds. The number of aryl methyl sites for hydroxylation is 1. The Morgan fingerprint density at radius 1 is 1.09 bits per heavy atom. The molecule has 0 aromatic heterocycles. The highest BCUT2D eigenvalue weighted by Crippen LogP contribution is 2.22. The normalized spacial score (nSPS) is 16.7. The molecule has 1 fully saturated rings. The second kappa shape index (κ2) is 11.3. The lowest BCUT2D eigenvalue weighted by Gasteiger charge is -2.34. The van der Waals surface area contributed by atoms with Crippen molar-refractivity contribution in [2.75, 3.05) is 33.4 Å². The van der Waals surface area contributed by atoms with E-state index in [1.165, 1.54) is 4.31 Å². The van der Waals surface area contributed by atoms with E-state index in [0.717, 1.165) is 11.1 Å². The fourth-order valence-electron chi connectivity index (χ4n) is 3.51. The van der Waals surface area contributed by atoms with E-state index >= 15 is 0 Å². The smallest absolute Gasteiger partial charge is 0.309 e. The number of rotatable bonds is 8. The monoisotopic (exact) mass is 475 g/mol. The Balaban J connectivity index is 1.54. The number of carbonyl (C=O) groups is 2. The summed E-state index contributed by atoms with van der Waals surface area (Å²) < 4.78 is 38.2. The van der Waals surface area contributed by atoms with Gasteiger partial charge in [-0.2, -0.15) is 4.31 Å². The second-order valence-electron chi connectivity index (χ2n) is 7.64. The van der Waals surface area contributed by atoms with E-state index in [4.69, 9.17) is 9.47 Å². The zero-order valence-electron chi connectivity index (χ0n) is 18.7. The van der Waals surface area contributed by atoms with E-state index in [-0.39, 0.29) is 24.5 Å². The van der Waals surface area contributed by atoms with Crippen LogP contribution >= 0.6 is 0 Å². The summed E-state index contributed by atoms with van der Waals surface area (Å²) in [6.45, 7) is 2.62. The Morgan fingerprint density at radius 3 is 2.52 bits per heavy atom. The number of nitrogens with zero attached hydrogens (tertiary/aromatic N) is 1. The minimum absolute atomic E-state index is 0.135. The second-order valence-corrected chi connectivity index (χ2v) is 9.53. The highest BCUT2D eigenvalue weighted by atomic mass is 32.2.